The largest absolute Gasteiger partial charge is 0.318 e. The van der Waals surface area contributed by atoms with Gasteiger partial charge in [-0.15, -0.1) is 0 Å². The molecule has 2 aromatic rings. The summed E-state index contributed by atoms with van der Waals surface area (Å²) in [5.74, 6) is -0.957. The Hall–Kier alpha value is -0.910. The van der Waals surface area contributed by atoms with E-state index in [0.29, 0.717) is 19.5 Å². The van der Waals surface area contributed by atoms with Gasteiger partial charge in [0.2, 0.25) is 0 Å². The first kappa shape index (κ1) is 14.5. The molecule has 2 aromatic carbocycles. The molecule has 98 valence electrons. The minimum atomic E-state index is -0.513. The maximum Gasteiger partial charge on any atom is 0.256 e. The normalized spacial score (nSPS) is 10.3. The van der Waals surface area contributed by atoms with Crippen molar-refractivity contribution in [3.05, 3.63) is 61.7 Å². The second-order valence-corrected chi connectivity index (χ2v) is 5.82. The van der Waals surface area contributed by atoms with E-state index >= 15 is 0 Å². The van der Waals surface area contributed by atoms with Crippen LogP contribution in [0.1, 0.15) is 10.4 Å². The number of carbonyl (C=O) groups is 1. The van der Waals surface area contributed by atoms with Crippen molar-refractivity contribution in [1.82, 2.24) is 0 Å². The van der Waals surface area contributed by atoms with Crippen LogP contribution >= 0.6 is 43.5 Å². The zero-order valence-electron chi connectivity index (χ0n) is 9.38. The lowest BCUT2D eigenvalue weighted by Crippen LogP contribution is -2.14. The van der Waals surface area contributed by atoms with Crippen molar-refractivity contribution >= 4 is 55.1 Å². The van der Waals surface area contributed by atoms with Crippen LogP contribution in [0.4, 0.5) is 10.1 Å². The second kappa shape index (κ2) is 6.03. The summed E-state index contributed by atoms with van der Waals surface area (Å²) in [6.07, 6.45) is 0. The molecular weight excluding hydrogens is 400 g/mol. The predicted octanol–water partition coefficient (Wildman–Crippen LogP) is 5.26. The molecule has 19 heavy (non-hydrogen) atoms. The Bertz CT molecular complexity index is 628. The lowest BCUT2D eigenvalue weighted by Gasteiger charge is -2.09. The van der Waals surface area contributed by atoms with Gasteiger partial charge in [-0.2, -0.15) is 0 Å². The van der Waals surface area contributed by atoms with Gasteiger partial charge in [0.1, 0.15) is 5.82 Å². The fourth-order valence-electron chi connectivity index (χ4n) is 1.47. The van der Waals surface area contributed by atoms with Crippen molar-refractivity contribution in [2.45, 2.75) is 0 Å². The molecule has 0 aliphatic carbocycles. The lowest BCUT2D eigenvalue weighted by molar-refractivity contribution is 0.102. The van der Waals surface area contributed by atoms with E-state index < -0.39 is 11.7 Å². The van der Waals surface area contributed by atoms with Crippen molar-refractivity contribution in [1.29, 1.82) is 0 Å². The Morgan fingerprint density at radius 3 is 2.58 bits per heavy atom. The SMILES string of the molecule is O=C(Nc1c(F)cccc1Br)c1cc(Cl)ccc1Br. The summed E-state index contributed by atoms with van der Waals surface area (Å²) >= 11 is 12.3. The van der Waals surface area contributed by atoms with E-state index in [1.54, 1.807) is 24.3 Å². The molecule has 0 aromatic heterocycles. The number of carbonyl (C=O) groups excluding carboxylic acids is 1. The summed E-state index contributed by atoms with van der Waals surface area (Å²) in [4.78, 5) is 12.1. The molecule has 0 fully saturated rings. The molecule has 2 rings (SSSR count). The number of para-hydroxylation sites is 1. The van der Waals surface area contributed by atoms with E-state index in [-0.39, 0.29) is 5.69 Å². The fourth-order valence-corrected chi connectivity index (χ4v) is 2.51. The molecule has 0 spiro atoms. The molecule has 0 radical (unpaired) electrons. The standard InChI is InChI=1S/C13H7Br2ClFNO/c14-9-5-4-7(16)6-8(9)13(19)18-12-10(15)2-1-3-11(12)17/h1-6H,(H,18,19). The van der Waals surface area contributed by atoms with E-state index in [9.17, 15) is 9.18 Å². The highest BCUT2D eigenvalue weighted by Crippen LogP contribution is 2.27. The van der Waals surface area contributed by atoms with Crippen LogP contribution < -0.4 is 5.32 Å². The third-order valence-corrected chi connectivity index (χ3v) is 3.96. The molecule has 0 heterocycles. The van der Waals surface area contributed by atoms with Gasteiger partial charge in [0.15, 0.2) is 0 Å². The summed E-state index contributed by atoms with van der Waals surface area (Å²) in [5, 5.41) is 2.94. The van der Waals surface area contributed by atoms with Crippen LogP contribution in [0.2, 0.25) is 5.02 Å². The topological polar surface area (TPSA) is 29.1 Å². The maximum absolute atomic E-state index is 13.6. The van der Waals surface area contributed by atoms with Gasteiger partial charge in [-0.05, 0) is 62.2 Å². The van der Waals surface area contributed by atoms with Gasteiger partial charge in [0, 0.05) is 14.0 Å². The quantitative estimate of drug-likeness (QED) is 0.723. The zero-order valence-corrected chi connectivity index (χ0v) is 13.3. The molecule has 0 atom stereocenters. The van der Waals surface area contributed by atoms with Gasteiger partial charge in [-0.1, -0.05) is 17.7 Å². The summed E-state index contributed by atoms with van der Waals surface area (Å²) < 4.78 is 14.7. The van der Waals surface area contributed by atoms with Gasteiger partial charge in [-0.25, -0.2) is 4.39 Å². The van der Waals surface area contributed by atoms with E-state index in [4.69, 9.17) is 11.6 Å². The number of hydrogen-bond donors (Lipinski definition) is 1. The van der Waals surface area contributed by atoms with Crippen LogP contribution in [-0.4, -0.2) is 5.91 Å². The first-order valence-electron chi connectivity index (χ1n) is 5.19. The summed E-state index contributed by atoms with van der Waals surface area (Å²) in [6, 6.07) is 9.29. The summed E-state index contributed by atoms with van der Waals surface area (Å²) in [5.41, 5.74) is 0.432. The van der Waals surface area contributed by atoms with E-state index in [0.717, 1.165) is 0 Å². The van der Waals surface area contributed by atoms with E-state index in [2.05, 4.69) is 37.2 Å². The van der Waals surface area contributed by atoms with E-state index in [1.165, 1.54) is 12.1 Å². The molecule has 1 amide bonds. The Labute approximate surface area is 131 Å². The number of nitrogens with one attached hydrogen (secondary N) is 1. The number of rotatable bonds is 2. The van der Waals surface area contributed by atoms with Crippen LogP contribution in [0.3, 0.4) is 0 Å². The summed E-state index contributed by atoms with van der Waals surface area (Å²) in [7, 11) is 0. The average Bonchev–Trinajstić information content (AvgIpc) is 2.37. The highest BCUT2D eigenvalue weighted by atomic mass is 79.9. The highest BCUT2D eigenvalue weighted by molar-refractivity contribution is 9.11. The maximum atomic E-state index is 13.6. The zero-order chi connectivity index (χ0) is 14.0. The molecule has 0 aliphatic heterocycles. The smallest absolute Gasteiger partial charge is 0.256 e. The minimum absolute atomic E-state index is 0.0966. The highest BCUT2D eigenvalue weighted by Gasteiger charge is 2.14. The Morgan fingerprint density at radius 1 is 1.16 bits per heavy atom. The van der Waals surface area contributed by atoms with E-state index in [1.807, 2.05) is 0 Å². The van der Waals surface area contributed by atoms with Gasteiger partial charge in [0.25, 0.3) is 5.91 Å². The Balaban J connectivity index is 2.34. The van der Waals surface area contributed by atoms with Crippen molar-refractivity contribution in [3.8, 4) is 0 Å². The van der Waals surface area contributed by atoms with Crippen LogP contribution in [0.5, 0.6) is 0 Å². The number of benzene rings is 2. The van der Waals surface area contributed by atoms with Crippen molar-refractivity contribution < 1.29 is 9.18 Å². The van der Waals surface area contributed by atoms with Crippen LogP contribution in [0, 0.1) is 5.82 Å². The average molecular weight is 407 g/mol. The Morgan fingerprint density at radius 2 is 1.89 bits per heavy atom. The second-order valence-electron chi connectivity index (χ2n) is 3.67. The van der Waals surface area contributed by atoms with Gasteiger partial charge in [0.05, 0.1) is 11.3 Å². The van der Waals surface area contributed by atoms with Gasteiger partial charge >= 0.3 is 0 Å². The third kappa shape index (κ3) is 3.35. The van der Waals surface area contributed by atoms with Crippen molar-refractivity contribution in [2.75, 3.05) is 5.32 Å². The molecule has 6 heteroatoms. The molecule has 0 saturated heterocycles. The predicted molar refractivity (Wildman–Crippen MR) is 81.2 cm³/mol. The number of hydrogen-bond acceptors (Lipinski definition) is 1. The molecule has 0 unspecified atom stereocenters. The molecule has 0 bridgehead atoms. The summed E-state index contributed by atoms with van der Waals surface area (Å²) in [6.45, 7) is 0. The van der Waals surface area contributed by atoms with Crippen molar-refractivity contribution in [3.63, 3.8) is 0 Å². The monoisotopic (exact) mass is 405 g/mol. The fraction of sp³-hybridized carbons (Fsp3) is 0. The molecular formula is C13H7Br2ClFNO. The molecule has 0 aliphatic rings. The third-order valence-electron chi connectivity index (χ3n) is 2.37. The number of anilines is 1. The number of amides is 1. The minimum Gasteiger partial charge on any atom is -0.318 e. The van der Waals surface area contributed by atoms with Crippen LogP contribution in [0.15, 0.2) is 45.3 Å². The molecule has 1 N–H and O–H groups in total. The van der Waals surface area contributed by atoms with Crippen LogP contribution in [-0.2, 0) is 0 Å². The van der Waals surface area contributed by atoms with Crippen molar-refractivity contribution in [2.24, 2.45) is 0 Å². The Kier molecular flexibility index (Phi) is 4.60. The molecule has 0 saturated carbocycles. The number of halogens is 4. The lowest BCUT2D eigenvalue weighted by atomic mass is 10.2. The van der Waals surface area contributed by atoms with Gasteiger partial charge in [-0.3, -0.25) is 4.79 Å². The first-order valence-corrected chi connectivity index (χ1v) is 7.16. The molecule has 2 nitrogen and oxygen atoms in total. The van der Waals surface area contributed by atoms with Gasteiger partial charge < -0.3 is 5.32 Å². The first-order chi connectivity index (χ1) is 8.99. The van der Waals surface area contributed by atoms with Crippen LogP contribution in [0.25, 0.3) is 0 Å².